The van der Waals surface area contributed by atoms with Crippen molar-refractivity contribution < 1.29 is 24.6 Å². The molecule has 8 nitrogen and oxygen atoms in total. The average molecular weight is 512 g/mol. The van der Waals surface area contributed by atoms with Gasteiger partial charge in [0.15, 0.2) is 0 Å². The van der Waals surface area contributed by atoms with E-state index in [0.717, 1.165) is 43.4 Å². The van der Waals surface area contributed by atoms with Crippen LogP contribution in [0.5, 0.6) is 0 Å². The van der Waals surface area contributed by atoms with Crippen LogP contribution < -0.4 is 11.1 Å². The minimum absolute atomic E-state index is 0.0614. The summed E-state index contributed by atoms with van der Waals surface area (Å²) in [6.45, 7) is 12.8. The summed E-state index contributed by atoms with van der Waals surface area (Å²) in [4.78, 5) is 41.0. The summed E-state index contributed by atoms with van der Waals surface area (Å²) in [5.74, 6) is -1.37. The molecule has 0 aliphatic heterocycles. The van der Waals surface area contributed by atoms with Gasteiger partial charge in [-0.25, -0.2) is 0 Å². The first-order chi connectivity index (χ1) is 16.8. The lowest BCUT2D eigenvalue weighted by Gasteiger charge is -2.40. The highest BCUT2D eigenvalue weighted by atomic mass is 16.3. The van der Waals surface area contributed by atoms with Crippen molar-refractivity contribution >= 4 is 17.7 Å². The van der Waals surface area contributed by atoms with Crippen molar-refractivity contribution in [1.82, 2.24) is 10.2 Å². The summed E-state index contributed by atoms with van der Waals surface area (Å²) in [7, 11) is 0. The van der Waals surface area contributed by atoms with Crippen LogP contribution in [0, 0.1) is 23.7 Å². The second kappa shape index (κ2) is 15.7. The molecule has 0 radical (unpaired) electrons. The third-order valence-corrected chi connectivity index (χ3v) is 8.05. The van der Waals surface area contributed by atoms with Crippen molar-refractivity contribution in [3.05, 3.63) is 0 Å². The Morgan fingerprint density at radius 1 is 0.972 bits per heavy atom. The van der Waals surface area contributed by atoms with Crippen molar-refractivity contribution in [2.45, 2.75) is 137 Å². The van der Waals surface area contributed by atoms with E-state index in [1.807, 2.05) is 41.5 Å². The Morgan fingerprint density at radius 3 is 2.00 bits per heavy atom. The molecule has 0 aromatic carbocycles. The van der Waals surface area contributed by atoms with E-state index in [9.17, 15) is 24.6 Å². The van der Waals surface area contributed by atoms with Crippen LogP contribution >= 0.6 is 0 Å². The number of aliphatic hydroxyl groups is 2. The third kappa shape index (κ3) is 9.42. The molecular weight excluding hydrogens is 458 g/mol. The second-order valence-corrected chi connectivity index (χ2v) is 11.5. The maximum Gasteiger partial charge on any atom is 0.252 e. The maximum atomic E-state index is 14.0. The summed E-state index contributed by atoms with van der Waals surface area (Å²) in [5.41, 5.74) is 6.14. The number of carbonyl (C=O) groups is 3. The van der Waals surface area contributed by atoms with Crippen LogP contribution in [0.1, 0.15) is 106 Å². The molecule has 0 unspecified atom stereocenters. The van der Waals surface area contributed by atoms with Gasteiger partial charge in [-0.1, -0.05) is 86.5 Å². The van der Waals surface area contributed by atoms with Crippen LogP contribution in [0.25, 0.3) is 0 Å². The zero-order chi connectivity index (χ0) is 27.6. The number of carbonyl (C=O) groups excluding carboxylic acids is 3. The Hall–Kier alpha value is -1.51. The predicted molar refractivity (Wildman–Crippen MR) is 143 cm³/mol. The van der Waals surface area contributed by atoms with Gasteiger partial charge in [0.05, 0.1) is 18.2 Å². The van der Waals surface area contributed by atoms with Crippen molar-refractivity contribution in [3.63, 3.8) is 0 Å². The van der Waals surface area contributed by atoms with E-state index >= 15 is 0 Å². The molecule has 0 heterocycles. The molecule has 36 heavy (non-hydrogen) atoms. The first kappa shape index (κ1) is 32.5. The molecule has 7 atom stereocenters. The number of aliphatic hydroxyl groups excluding tert-OH is 2. The van der Waals surface area contributed by atoms with Crippen LogP contribution in [0.3, 0.4) is 0 Å². The highest BCUT2D eigenvalue weighted by Crippen LogP contribution is 2.31. The van der Waals surface area contributed by atoms with Gasteiger partial charge in [0.1, 0.15) is 12.1 Å². The van der Waals surface area contributed by atoms with Crippen molar-refractivity contribution in [3.8, 4) is 0 Å². The normalized spacial score (nSPS) is 20.6. The Kier molecular flexibility index (Phi) is 14.2. The van der Waals surface area contributed by atoms with Gasteiger partial charge >= 0.3 is 0 Å². The van der Waals surface area contributed by atoms with Gasteiger partial charge in [-0.2, -0.15) is 0 Å². The van der Waals surface area contributed by atoms with Gasteiger partial charge in [0.25, 0.3) is 5.91 Å². The van der Waals surface area contributed by atoms with Gasteiger partial charge < -0.3 is 21.3 Å². The Morgan fingerprint density at radius 2 is 1.53 bits per heavy atom. The molecular formula is C28H53N3O5. The molecule has 0 bridgehead atoms. The summed E-state index contributed by atoms with van der Waals surface area (Å²) in [6.07, 6.45) is 5.05. The maximum absolute atomic E-state index is 14.0. The summed E-state index contributed by atoms with van der Waals surface area (Å²) >= 11 is 0. The highest BCUT2D eigenvalue weighted by molar-refractivity contribution is 5.99. The quantitative estimate of drug-likeness (QED) is 0.283. The molecule has 0 aromatic rings. The van der Waals surface area contributed by atoms with Gasteiger partial charge in [0.2, 0.25) is 11.8 Å². The van der Waals surface area contributed by atoms with Crippen LogP contribution in [-0.4, -0.2) is 63.2 Å². The lowest BCUT2D eigenvalue weighted by Crippen LogP contribution is -2.61. The van der Waals surface area contributed by atoms with Gasteiger partial charge in [-0.3, -0.25) is 19.3 Å². The Bertz CT molecular complexity index is 695. The molecule has 1 aliphatic rings. The lowest BCUT2D eigenvalue weighted by atomic mass is 9.81. The molecule has 8 heteroatoms. The summed E-state index contributed by atoms with van der Waals surface area (Å²) < 4.78 is 0. The van der Waals surface area contributed by atoms with E-state index in [0.29, 0.717) is 19.3 Å². The van der Waals surface area contributed by atoms with Crippen LogP contribution in [0.4, 0.5) is 0 Å². The number of nitrogens with two attached hydrogens (primary N) is 1. The van der Waals surface area contributed by atoms with Gasteiger partial charge in [-0.05, 0) is 36.5 Å². The third-order valence-electron chi connectivity index (χ3n) is 8.05. The molecule has 210 valence electrons. The fourth-order valence-electron chi connectivity index (χ4n) is 5.19. The van der Waals surface area contributed by atoms with E-state index < -0.39 is 48.1 Å². The minimum atomic E-state index is -1.27. The van der Waals surface area contributed by atoms with Crippen LogP contribution in [-0.2, 0) is 14.4 Å². The Labute approximate surface area is 218 Å². The number of hydrogen-bond acceptors (Lipinski definition) is 6. The summed E-state index contributed by atoms with van der Waals surface area (Å²) in [6, 6.07) is -2.58. The Balaban J connectivity index is 3.35. The zero-order valence-electron chi connectivity index (χ0n) is 23.7. The second-order valence-electron chi connectivity index (χ2n) is 11.5. The van der Waals surface area contributed by atoms with Crippen molar-refractivity contribution in [2.75, 3.05) is 0 Å². The lowest BCUT2D eigenvalue weighted by molar-refractivity contribution is -0.156. The van der Waals surface area contributed by atoms with Gasteiger partial charge in [-0.15, -0.1) is 0 Å². The van der Waals surface area contributed by atoms with Crippen LogP contribution in [0.15, 0.2) is 0 Å². The molecule has 1 fully saturated rings. The number of nitrogens with zero attached hydrogens (tertiary/aromatic N) is 1. The first-order valence-corrected chi connectivity index (χ1v) is 14.1. The molecule has 0 saturated heterocycles. The first-order valence-electron chi connectivity index (χ1n) is 14.1. The summed E-state index contributed by atoms with van der Waals surface area (Å²) in [5, 5.41) is 24.9. The smallest absolute Gasteiger partial charge is 0.252 e. The molecule has 5 N–H and O–H groups in total. The number of imide groups is 1. The fourth-order valence-corrected chi connectivity index (χ4v) is 5.19. The molecule has 1 aliphatic carbocycles. The number of amides is 3. The van der Waals surface area contributed by atoms with E-state index in [1.165, 1.54) is 6.92 Å². The fraction of sp³-hybridized carbons (Fsp3) is 0.893. The van der Waals surface area contributed by atoms with Crippen LogP contribution in [0.2, 0.25) is 0 Å². The number of rotatable bonds is 14. The monoisotopic (exact) mass is 511 g/mol. The molecule has 1 rings (SSSR count). The number of nitrogens with one attached hydrogen (secondary N) is 1. The SMILES string of the molecule is CC[C@H](C)[C@H](N)C(=O)N[C@H](C(=O)N(C(C)=O)[C@@H](CC1CCCCC1)[C@@H](O)[C@@H](O)CC(C)C)[C@@H](C)CC. The highest BCUT2D eigenvalue weighted by Gasteiger charge is 2.42. The van der Waals surface area contributed by atoms with E-state index in [1.54, 1.807) is 0 Å². The van der Waals surface area contributed by atoms with Crippen molar-refractivity contribution in [1.29, 1.82) is 0 Å². The van der Waals surface area contributed by atoms with E-state index in [-0.39, 0.29) is 23.7 Å². The predicted octanol–water partition coefficient (Wildman–Crippen LogP) is 3.37. The largest absolute Gasteiger partial charge is 0.390 e. The molecule has 1 saturated carbocycles. The average Bonchev–Trinajstić information content (AvgIpc) is 2.84. The van der Waals surface area contributed by atoms with Gasteiger partial charge in [0, 0.05) is 6.92 Å². The zero-order valence-corrected chi connectivity index (χ0v) is 23.7. The molecule has 0 aromatic heterocycles. The van der Waals surface area contributed by atoms with Crippen molar-refractivity contribution in [2.24, 2.45) is 29.4 Å². The minimum Gasteiger partial charge on any atom is -0.390 e. The topological polar surface area (TPSA) is 133 Å². The van der Waals surface area contributed by atoms with E-state index in [2.05, 4.69) is 5.32 Å². The standard InChI is InChI=1S/C28H53N3O5/c1-8-18(5)24(29)27(35)30-25(19(6)9-2)28(36)31(20(7)32)22(16-21-13-11-10-12-14-21)26(34)23(33)15-17(3)4/h17-19,21-26,33-34H,8-16,29H2,1-7H3,(H,30,35)/t18-,19-,22-,23-,24-,25-,26+/m0/s1. The van der Waals surface area contributed by atoms with E-state index in [4.69, 9.17) is 5.73 Å². The number of hydrogen-bond donors (Lipinski definition) is 4. The molecule has 3 amide bonds. The molecule has 0 spiro atoms.